The lowest BCUT2D eigenvalue weighted by Crippen LogP contribution is -2.13. The Kier molecular flexibility index (Phi) is 6.60. The number of halogens is 1. The van der Waals surface area contributed by atoms with Crippen LogP contribution in [0.3, 0.4) is 0 Å². The highest BCUT2D eigenvalue weighted by atomic mass is 79.9. The van der Waals surface area contributed by atoms with Gasteiger partial charge in [0.05, 0.1) is 17.4 Å². The van der Waals surface area contributed by atoms with Crippen LogP contribution in [-0.2, 0) is 0 Å². The fraction of sp³-hybridized carbons (Fsp3) is 0. The van der Waals surface area contributed by atoms with Crippen LogP contribution in [0.25, 0.3) is 22.8 Å². The number of hydrogen-bond donors (Lipinski definition) is 1. The molecule has 0 radical (unpaired) electrons. The van der Waals surface area contributed by atoms with Gasteiger partial charge in [0, 0.05) is 25.4 Å². The van der Waals surface area contributed by atoms with E-state index < -0.39 is 0 Å². The molecule has 5 rings (SSSR count). The summed E-state index contributed by atoms with van der Waals surface area (Å²) in [6.07, 6.45) is 1.68. The van der Waals surface area contributed by atoms with Gasteiger partial charge in [-0.05, 0) is 48.5 Å². The van der Waals surface area contributed by atoms with E-state index in [9.17, 15) is 4.79 Å². The van der Waals surface area contributed by atoms with Crippen LogP contribution in [-0.4, -0.2) is 10.9 Å². The quantitative estimate of drug-likeness (QED) is 0.242. The summed E-state index contributed by atoms with van der Waals surface area (Å²) in [4.78, 5) is 19.9. The van der Waals surface area contributed by atoms with E-state index in [1.807, 2.05) is 97.1 Å². The molecule has 4 nitrogen and oxygen atoms in total. The van der Waals surface area contributed by atoms with Crippen molar-refractivity contribution in [1.82, 2.24) is 4.98 Å². The number of hydrogen-bond acceptors (Lipinski definition) is 4. The van der Waals surface area contributed by atoms with Gasteiger partial charge in [-0.15, -0.1) is 0 Å². The monoisotopic (exact) mass is 526 g/mol. The highest BCUT2D eigenvalue weighted by Crippen LogP contribution is 2.34. The first-order chi connectivity index (χ1) is 16.7. The zero-order chi connectivity index (χ0) is 23.3. The van der Waals surface area contributed by atoms with Gasteiger partial charge in [0.2, 0.25) is 5.89 Å². The van der Waals surface area contributed by atoms with Crippen LogP contribution >= 0.6 is 27.7 Å². The Hall–Kier alpha value is -3.61. The van der Waals surface area contributed by atoms with Crippen molar-refractivity contribution in [3.8, 4) is 22.8 Å². The van der Waals surface area contributed by atoms with Crippen molar-refractivity contribution >= 4 is 39.3 Å². The SMILES string of the molecule is O=C(Nc1ccccc1Sc1ccccc1)c1ccccc1-c1ncc(-c2cccc(Br)c2)o1. The van der Waals surface area contributed by atoms with E-state index in [2.05, 4.69) is 26.2 Å². The molecule has 0 unspecified atom stereocenters. The normalized spacial score (nSPS) is 10.7. The molecule has 0 saturated heterocycles. The second kappa shape index (κ2) is 10.1. The van der Waals surface area contributed by atoms with E-state index >= 15 is 0 Å². The van der Waals surface area contributed by atoms with Crippen molar-refractivity contribution < 1.29 is 9.21 Å². The topological polar surface area (TPSA) is 55.1 Å². The van der Waals surface area contributed by atoms with Gasteiger partial charge in [-0.3, -0.25) is 4.79 Å². The highest BCUT2D eigenvalue weighted by molar-refractivity contribution is 9.10. The Morgan fingerprint density at radius 2 is 1.62 bits per heavy atom. The van der Waals surface area contributed by atoms with Crippen LogP contribution in [0.5, 0.6) is 0 Å². The summed E-state index contributed by atoms with van der Waals surface area (Å²) in [6, 6.07) is 33.0. The van der Waals surface area contributed by atoms with E-state index in [-0.39, 0.29) is 5.91 Å². The maximum Gasteiger partial charge on any atom is 0.256 e. The molecule has 0 spiro atoms. The summed E-state index contributed by atoms with van der Waals surface area (Å²) >= 11 is 5.09. The number of aromatic nitrogens is 1. The molecule has 0 saturated carbocycles. The number of amides is 1. The van der Waals surface area contributed by atoms with Gasteiger partial charge < -0.3 is 9.73 Å². The van der Waals surface area contributed by atoms with Crippen molar-refractivity contribution in [2.75, 3.05) is 5.32 Å². The molecule has 0 aliphatic heterocycles. The van der Waals surface area contributed by atoms with E-state index in [4.69, 9.17) is 4.42 Å². The molecule has 34 heavy (non-hydrogen) atoms. The van der Waals surface area contributed by atoms with Crippen molar-refractivity contribution in [2.24, 2.45) is 0 Å². The predicted octanol–water partition coefficient (Wildman–Crippen LogP) is 8.17. The van der Waals surface area contributed by atoms with Gasteiger partial charge in [0.1, 0.15) is 0 Å². The summed E-state index contributed by atoms with van der Waals surface area (Å²) in [5, 5.41) is 3.07. The maximum absolute atomic E-state index is 13.3. The summed E-state index contributed by atoms with van der Waals surface area (Å²) in [7, 11) is 0. The molecule has 0 atom stereocenters. The summed E-state index contributed by atoms with van der Waals surface area (Å²) in [5.41, 5.74) is 2.78. The van der Waals surface area contributed by atoms with E-state index in [0.29, 0.717) is 22.8 Å². The number of nitrogens with zero attached hydrogens (tertiary/aromatic N) is 1. The second-order valence-electron chi connectivity index (χ2n) is 7.45. The minimum atomic E-state index is -0.223. The molecule has 0 bridgehead atoms. The van der Waals surface area contributed by atoms with Crippen molar-refractivity contribution in [1.29, 1.82) is 0 Å². The lowest BCUT2D eigenvalue weighted by atomic mass is 10.1. The zero-order valence-corrected chi connectivity index (χ0v) is 20.3. The Morgan fingerprint density at radius 1 is 0.853 bits per heavy atom. The fourth-order valence-electron chi connectivity index (χ4n) is 3.51. The number of nitrogens with one attached hydrogen (secondary N) is 1. The molecule has 1 N–H and O–H groups in total. The molecule has 5 aromatic rings. The number of carbonyl (C=O) groups excluding carboxylic acids is 1. The third kappa shape index (κ3) is 4.98. The molecule has 4 aromatic carbocycles. The highest BCUT2D eigenvalue weighted by Gasteiger charge is 2.18. The van der Waals surface area contributed by atoms with Gasteiger partial charge in [-0.2, -0.15) is 0 Å². The van der Waals surface area contributed by atoms with E-state index in [1.54, 1.807) is 24.0 Å². The molecular weight excluding hydrogens is 508 g/mol. The number of benzene rings is 4. The third-order valence-electron chi connectivity index (χ3n) is 5.12. The minimum absolute atomic E-state index is 0.223. The molecule has 166 valence electrons. The second-order valence-corrected chi connectivity index (χ2v) is 9.48. The molecule has 1 aromatic heterocycles. The van der Waals surface area contributed by atoms with Crippen LogP contribution in [0, 0.1) is 0 Å². The van der Waals surface area contributed by atoms with E-state index in [1.165, 1.54) is 0 Å². The van der Waals surface area contributed by atoms with Gasteiger partial charge in [-0.25, -0.2) is 4.98 Å². The molecule has 1 heterocycles. The Bertz CT molecular complexity index is 1450. The maximum atomic E-state index is 13.3. The molecule has 0 aliphatic carbocycles. The van der Waals surface area contributed by atoms with Gasteiger partial charge >= 0.3 is 0 Å². The van der Waals surface area contributed by atoms with Crippen molar-refractivity contribution in [2.45, 2.75) is 9.79 Å². The zero-order valence-electron chi connectivity index (χ0n) is 17.9. The Labute approximate surface area is 210 Å². The molecular formula is C28H19BrN2O2S. The number of oxazole rings is 1. The summed E-state index contributed by atoms with van der Waals surface area (Å²) in [5.74, 6) is 0.808. The van der Waals surface area contributed by atoms with Crippen LogP contribution in [0.2, 0.25) is 0 Å². The summed E-state index contributed by atoms with van der Waals surface area (Å²) < 4.78 is 6.99. The number of rotatable bonds is 6. The fourth-order valence-corrected chi connectivity index (χ4v) is 4.83. The first kappa shape index (κ1) is 22.2. The number of carbonyl (C=O) groups is 1. The third-order valence-corrected chi connectivity index (χ3v) is 6.70. The summed E-state index contributed by atoms with van der Waals surface area (Å²) in [6.45, 7) is 0. The van der Waals surface area contributed by atoms with Crippen LogP contribution in [0.4, 0.5) is 5.69 Å². The van der Waals surface area contributed by atoms with Crippen LogP contribution < -0.4 is 5.32 Å². The van der Waals surface area contributed by atoms with Crippen LogP contribution in [0.15, 0.2) is 128 Å². The van der Waals surface area contributed by atoms with Crippen molar-refractivity contribution in [3.63, 3.8) is 0 Å². The van der Waals surface area contributed by atoms with Crippen LogP contribution in [0.1, 0.15) is 10.4 Å². The molecule has 1 amide bonds. The number of anilines is 1. The minimum Gasteiger partial charge on any atom is -0.436 e. The largest absolute Gasteiger partial charge is 0.436 e. The lowest BCUT2D eigenvalue weighted by Gasteiger charge is -2.12. The van der Waals surface area contributed by atoms with Crippen molar-refractivity contribution in [3.05, 3.63) is 119 Å². The first-order valence-electron chi connectivity index (χ1n) is 10.6. The lowest BCUT2D eigenvalue weighted by molar-refractivity contribution is 0.102. The Balaban J connectivity index is 1.42. The predicted molar refractivity (Wildman–Crippen MR) is 140 cm³/mol. The molecule has 0 aliphatic rings. The molecule has 6 heteroatoms. The smallest absolute Gasteiger partial charge is 0.256 e. The van der Waals surface area contributed by atoms with Gasteiger partial charge in [0.25, 0.3) is 5.91 Å². The van der Waals surface area contributed by atoms with Gasteiger partial charge in [-0.1, -0.05) is 82.3 Å². The van der Waals surface area contributed by atoms with E-state index in [0.717, 1.165) is 25.5 Å². The molecule has 0 fully saturated rings. The average molecular weight is 527 g/mol. The van der Waals surface area contributed by atoms with Gasteiger partial charge in [0.15, 0.2) is 5.76 Å². The average Bonchev–Trinajstić information content (AvgIpc) is 3.36. The standard InChI is InChI=1S/C28H19BrN2O2S/c29-20-10-8-9-19(17-20)25-18-30-28(33-25)23-14-5-4-13-22(23)27(32)31-24-15-6-7-16-26(24)34-21-11-2-1-3-12-21/h1-18H,(H,31,32). The Morgan fingerprint density at radius 3 is 2.47 bits per heavy atom. The first-order valence-corrected chi connectivity index (χ1v) is 12.2. The number of para-hydroxylation sites is 1.